The number of benzene rings is 2. The number of hydrogen-bond donors (Lipinski definition) is 1. The summed E-state index contributed by atoms with van der Waals surface area (Å²) in [4.78, 5) is 0. The van der Waals surface area contributed by atoms with E-state index in [9.17, 15) is 0 Å². The van der Waals surface area contributed by atoms with Crippen LogP contribution in [-0.4, -0.2) is 6.10 Å². The van der Waals surface area contributed by atoms with Gasteiger partial charge in [0.2, 0.25) is 0 Å². The number of para-hydroxylation sites is 1. The van der Waals surface area contributed by atoms with Crippen molar-refractivity contribution in [1.29, 1.82) is 0 Å². The molecule has 0 radical (unpaired) electrons. The van der Waals surface area contributed by atoms with Crippen LogP contribution in [0.3, 0.4) is 0 Å². The third kappa shape index (κ3) is 4.48. The van der Waals surface area contributed by atoms with E-state index >= 15 is 0 Å². The summed E-state index contributed by atoms with van der Waals surface area (Å²) in [6.07, 6.45) is 0.173. The molecule has 2 aromatic carbocycles. The van der Waals surface area contributed by atoms with E-state index < -0.39 is 0 Å². The first-order valence-corrected chi connectivity index (χ1v) is 7.68. The Balaban J connectivity index is 2.05. The normalized spacial score (nSPS) is 12.4. The fraction of sp³-hybridized carbons (Fsp3) is 0.333. The molecule has 2 nitrogen and oxygen atoms in total. The maximum Gasteiger partial charge on any atom is 0.124 e. The van der Waals surface area contributed by atoms with Gasteiger partial charge in [0.25, 0.3) is 0 Å². The van der Waals surface area contributed by atoms with E-state index in [4.69, 9.17) is 16.3 Å². The Kier molecular flexibility index (Phi) is 5.66. The SMILES string of the molecule is CC(C)Oc1ccccc1CN[C@H](C)c1ccccc1Cl. The van der Waals surface area contributed by atoms with Crippen molar-refractivity contribution in [3.05, 3.63) is 64.7 Å². The van der Waals surface area contributed by atoms with Crippen LogP contribution in [0.2, 0.25) is 5.02 Å². The zero-order chi connectivity index (χ0) is 15.2. The van der Waals surface area contributed by atoms with Crippen molar-refractivity contribution in [1.82, 2.24) is 5.32 Å². The van der Waals surface area contributed by atoms with Crippen molar-refractivity contribution in [2.75, 3.05) is 0 Å². The number of nitrogens with one attached hydrogen (secondary N) is 1. The van der Waals surface area contributed by atoms with Gasteiger partial charge in [-0.2, -0.15) is 0 Å². The Bertz CT molecular complexity index is 583. The van der Waals surface area contributed by atoms with Crippen molar-refractivity contribution >= 4 is 11.6 Å². The number of halogens is 1. The summed E-state index contributed by atoms with van der Waals surface area (Å²) in [7, 11) is 0. The Hall–Kier alpha value is -1.51. The largest absolute Gasteiger partial charge is 0.491 e. The maximum atomic E-state index is 6.24. The monoisotopic (exact) mass is 303 g/mol. The van der Waals surface area contributed by atoms with E-state index in [0.29, 0.717) is 0 Å². The topological polar surface area (TPSA) is 21.3 Å². The second-order valence-electron chi connectivity index (χ2n) is 5.40. The Labute approximate surface area is 132 Å². The highest BCUT2D eigenvalue weighted by atomic mass is 35.5. The Morgan fingerprint density at radius 1 is 1.00 bits per heavy atom. The lowest BCUT2D eigenvalue weighted by Gasteiger charge is -2.18. The van der Waals surface area contributed by atoms with Crippen LogP contribution in [0.4, 0.5) is 0 Å². The Morgan fingerprint density at radius 3 is 2.38 bits per heavy atom. The molecule has 3 heteroatoms. The van der Waals surface area contributed by atoms with Crippen molar-refractivity contribution in [2.24, 2.45) is 0 Å². The van der Waals surface area contributed by atoms with Gasteiger partial charge in [0.1, 0.15) is 5.75 Å². The molecule has 0 aliphatic rings. The number of rotatable bonds is 6. The molecule has 0 saturated heterocycles. The van der Waals surface area contributed by atoms with E-state index in [1.165, 1.54) is 0 Å². The summed E-state index contributed by atoms with van der Waals surface area (Å²) >= 11 is 6.24. The summed E-state index contributed by atoms with van der Waals surface area (Å²) in [5.74, 6) is 0.936. The fourth-order valence-corrected chi connectivity index (χ4v) is 2.52. The van der Waals surface area contributed by atoms with Crippen LogP contribution in [0.25, 0.3) is 0 Å². The van der Waals surface area contributed by atoms with Gasteiger partial charge in [-0.25, -0.2) is 0 Å². The summed E-state index contributed by atoms with van der Waals surface area (Å²) in [5.41, 5.74) is 2.27. The molecule has 2 aromatic rings. The molecule has 0 heterocycles. The average Bonchev–Trinajstić information content (AvgIpc) is 2.46. The molecule has 0 aliphatic heterocycles. The quantitative estimate of drug-likeness (QED) is 0.813. The van der Waals surface area contributed by atoms with Gasteiger partial charge in [-0.15, -0.1) is 0 Å². The van der Waals surface area contributed by atoms with E-state index in [1.807, 2.05) is 50.2 Å². The third-order valence-electron chi connectivity index (χ3n) is 3.31. The lowest BCUT2D eigenvalue weighted by atomic mass is 10.1. The van der Waals surface area contributed by atoms with Gasteiger partial charge in [0.05, 0.1) is 6.10 Å². The molecule has 0 unspecified atom stereocenters. The van der Waals surface area contributed by atoms with Crippen LogP contribution in [-0.2, 0) is 6.54 Å². The van der Waals surface area contributed by atoms with Gasteiger partial charge < -0.3 is 10.1 Å². The van der Waals surface area contributed by atoms with Crippen molar-refractivity contribution < 1.29 is 4.74 Å². The molecule has 0 bridgehead atoms. The molecule has 2 rings (SSSR count). The predicted octanol–water partition coefficient (Wildman–Crippen LogP) is 4.98. The second-order valence-corrected chi connectivity index (χ2v) is 5.81. The number of hydrogen-bond acceptors (Lipinski definition) is 2. The standard InChI is InChI=1S/C18H22ClNO/c1-13(2)21-18-11-7-4-8-15(18)12-20-14(3)16-9-5-6-10-17(16)19/h4-11,13-14,20H,12H2,1-3H3/t14-/m1/s1. The fourth-order valence-electron chi connectivity index (χ4n) is 2.22. The minimum atomic E-state index is 0.173. The van der Waals surface area contributed by atoms with E-state index in [2.05, 4.69) is 24.4 Å². The second kappa shape index (κ2) is 7.48. The summed E-state index contributed by atoms with van der Waals surface area (Å²) in [6.45, 7) is 6.94. The van der Waals surface area contributed by atoms with Crippen LogP contribution in [0.5, 0.6) is 5.75 Å². The first kappa shape index (κ1) is 15.9. The van der Waals surface area contributed by atoms with Crippen molar-refractivity contribution in [2.45, 2.75) is 39.5 Å². The van der Waals surface area contributed by atoms with Gasteiger partial charge in [-0.05, 0) is 38.5 Å². The molecule has 0 spiro atoms. The molecule has 0 aliphatic carbocycles. The molecule has 0 fully saturated rings. The molecule has 0 aromatic heterocycles. The van der Waals surface area contributed by atoms with E-state index in [0.717, 1.165) is 28.4 Å². The predicted molar refractivity (Wildman–Crippen MR) is 88.9 cm³/mol. The number of ether oxygens (including phenoxy) is 1. The lowest BCUT2D eigenvalue weighted by molar-refractivity contribution is 0.239. The first-order valence-electron chi connectivity index (χ1n) is 7.30. The molecule has 21 heavy (non-hydrogen) atoms. The van der Waals surface area contributed by atoms with Gasteiger partial charge in [-0.1, -0.05) is 48.0 Å². The highest BCUT2D eigenvalue weighted by Gasteiger charge is 2.10. The minimum Gasteiger partial charge on any atom is -0.491 e. The molecular weight excluding hydrogens is 282 g/mol. The summed E-state index contributed by atoms with van der Waals surface area (Å²) in [6, 6.07) is 16.2. The van der Waals surface area contributed by atoms with Gasteiger partial charge >= 0.3 is 0 Å². The highest BCUT2D eigenvalue weighted by Crippen LogP contribution is 2.24. The van der Waals surface area contributed by atoms with E-state index in [1.54, 1.807) is 0 Å². The summed E-state index contributed by atoms with van der Waals surface area (Å²) < 4.78 is 5.84. The van der Waals surface area contributed by atoms with Gasteiger partial charge in [0, 0.05) is 23.2 Å². The molecule has 1 N–H and O–H groups in total. The zero-order valence-electron chi connectivity index (χ0n) is 12.8. The summed E-state index contributed by atoms with van der Waals surface area (Å²) in [5, 5.41) is 4.30. The smallest absolute Gasteiger partial charge is 0.124 e. The van der Waals surface area contributed by atoms with Crippen LogP contribution in [0, 0.1) is 0 Å². The van der Waals surface area contributed by atoms with Crippen LogP contribution < -0.4 is 10.1 Å². The van der Waals surface area contributed by atoms with Crippen LogP contribution in [0.15, 0.2) is 48.5 Å². The van der Waals surface area contributed by atoms with Crippen LogP contribution >= 0.6 is 11.6 Å². The van der Waals surface area contributed by atoms with Crippen molar-refractivity contribution in [3.8, 4) is 5.75 Å². The van der Waals surface area contributed by atoms with Gasteiger partial charge in [-0.3, -0.25) is 0 Å². The molecule has 0 saturated carbocycles. The highest BCUT2D eigenvalue weighted by molar-refractivity contribution is 6.31. The maximum absolute atomic E-state index is 6.24. The minimum absolute atomic E-state index is 0.173. The molecular formula is C18H22ClNO. The van der Waals surface area contributed by atoms with Crippen LogP contribution in [0.1, 0.15) is 37.9 Å². The van der Waals surface area contributed by atoms with E-state index in [-0.39, 0.29) is 12.1 Å². The Morgan fingerprint density at radius 2 is 1.67 bits per heavy atom. The lowest BCUT2D eigenvalue weighted by Crippen LogP contribution is -2.19. The first-order chi connectivity index (χ1) is 10.1. The molecule has 0 amide bonds. The third-order valence-corrected chi connectivity index (χ3v) is 3.65. The average molecular weight is 304 g/mol. The molecule has 112 valence electrons. The zero-order valence-corrected chi connectivity index (χ0v) is 13.5. The molecule has 1 atom stereocenters. The van der Waals surface area contributed by atoms with Crippen molar-refractivity contribution in [3.63, 3.8) is 0 Å². The van der Waals surface area contributed by atoms with Gasteiger partial charge in [0.15, 0.2) is 0 Å².